The number of ether oxygens (including phenoxy) is 1. The van der Waals surface area contributed by atoms with Crippen LogP contribution in [0.2, 0.25) is 0 Å². The highest BCUT2D eigenvalue weighted by atomic mass is 16.5. The maximum absolute atomic E-state index is 12.8. The van der Waals surface area contributed by atoms with Crippen molar-refractivity contribution >= 4 is 5.91 Å². The van der Waals surface area contributed by atoms with E-state index in [0.717, 1.165) is 24.1 Å². The Morgan fingerprint density at radius 3 is 2.81 bits per heavy atom. The number of amides is 1. The second-order valence-electron chi connectivity index (χ2n) is 6.86. The Hall–Kier alpha value is -2.41. The van der Waals surface area contributed by atoms with Gasteiger partial charge in [0.05, 0.1) is 24.9 Å². The molecule has 1 amide bonds. The third-order valence-electron chi connectivity index (χ3n) is 4.90. The van der Waals surface area contributed by atoms with Crippen molar-refractivity contribution in [3.8, 4) is 5.88 Å². The van der Waals surface area contributed by atoms with Crippen LogP contribution in [0.4, 0.5) is 0 Å². The fourth-order valence-corrected chi connectivity index (χ4v) is 3.40. The maximum atomic E-state index is 12.8. The number of methoxy groups -OCH3 is 1. The molecule has 2 heterocycles. The summed E-state index contributed by atoms with van der Waals surface area (Å²) in [6, 6.07) is 5.34. The van der Waals surface area contributed by atoms with Gasteiger partial charge in [-0.25, -0.2) is 4.98 Å². The Bertz CT molecular complexity index is 751. The summed E-state index contributed by atoms with van der Waals surface area (Å²) in [5, 5.41) is 17.2. The molecule has 140 valence electrons. The molecule has 1 atom stereocenters. The van der Waals surface area contributed by atoms with Gasteiger partial charge in [0, 0.05) is 19.3 Å². The molecule has 0 radical (unpaired) electrons. The van der Waals surface area contributed by atoms with Crippen LogP contribution in [0, 0.1) is 5.92 Å². The van der Waals surface area contributed by atoms with Gasteiger partial charge >= 0.3 is 0 Å². The zero-order valence-electron chi connectivity index (χ0n) is 15.5. The molecule has 1 aliphatic carbocycles. The monoisotopic (exact) mass is 358 g/mol. The summed E-state index contributed by atoms with van der Waals surface area (Å²) in [6.45, 7) is 2.09. The number of rotatable bonds is 7. The van der Waals surface area contributed by atoms with Gasteiger partial charge in [0.1, 0.15) is 5.69 Å². The molecule has 0 aliphatic heterocycles. The van der Waals surface area contributed by atoms with Gasteiger partial charge in [-0.3, -0.25) is 9.48 Å². The molecule has 2 aromatic rings. The first kappa shape index (κ1) is 18.4. The highest BCUT2D eigenvalue weighted by Gasteiger charge is 2.36. The molecule has 1 aliphatic rings. The Labute approximate surface area is 153 Å². The van der Waals surface area contributed by atoms with Crippen LogP contribution in [0.25, 0.3) is 0 Å². The van der Waals surface area contributed by atoms with E-state index in [1.807, 2.05) is 12.1 Å². The summed E-state index contributed by atoms with van der Waals surface area (Å²) in [4.78, 5) is 17.1. The molecule has 1 saturated carbocycles. The van der Waals surface area contributed by atoms with E-state index in [4.69, 9.17) is 4.74 Å². The highest BCUT2D eigenvalue weighted by molar-refractivity contribution is 5.93. The van der Waals surface area contributed by atoms with Gasteiger partial charge in [-0.05, 0) is 36.8 Å². The molecule has 0 bridgehead atoms. The summed E-state index contributed by atoms with van der Waals surface area (Å²) >= 11 is 0. The van der Waals surface area contributed by atoms with Crippen molar-refractivity contribution in [2.75, 3.05) is 7.11 Å². The second-order valence-corrected chi connectivity index (χ2v) is 6.86. The van der Waals surface area contributed by atoms with E-state index in [2.05, 4.69) is 22.3 Å². The Morgan fingerprint density at radius 1 is 1.46 bits per heavy atom. The van der Waals surface area contributed by atoms with Gasteiger partial charge < -0.3 is 15.2 Å². The van der Waals surface area contributed by atoms with Crippen LogP contribution >= 0.6 is 0 Å². The number of nitrogens with one attached hydrogen (secondary N) is 1. The van der Waals surface area contributed by atoms with Crippen LogP contribution in [-0.2, 0) is 13.5 Å². The average Bonchev–Trinajstić information content (AvgIpc) is 2.98. The van der Waals surface area contributed by atoms with Gasteiger partial charge in [0.25, 0.3) is 5.91 Å². The molecule has 0 saturated heterocycles. The Kier molecular flexibility index (Phi) is 5.56. The summed E-state index contributed by atoms with van der Waals surface area (Å²) in [5.74, 6) is 0.556. The molecular formula is C19H26N4O3. The van der Waals surface area contributed by atoms with E-state index in [1.54, 1.807) is 31.1 Å². The maximum Gasteiger partial charge on any atom is 0.270 e. The minimum atomic E-state index is -0.293. The minimum Gasteiger partial charge on any atom is -0.481 e. The largest absolute Gasteiger partial charge is 0.481 e. The molecule has 1 fully saturated rings. The molecular weight excluding hydrogens is 332 g/mol. The number of nitrogens with zero attached hydrogens (tertiary/aromatic N) is 3. The third-order valence-corrected chi connectivity index (χ3v) is 4.90. The number of aliphatic hydroxyl groups excluding tert-OH is 1. The van der Waals surface area contributed by atoms with Crippen LogP contribution in [0.15, 0.2) is 24.4 Å². The number of aryl methyl sites for hydroxylation is 2. The number of hydrogen-bond acceptors (Lipinski definition) is 5. The normalized spacial score (nSPS) is 20.3. The lowest BCUT2D eigenvalue weighted by Crippen LogP contribution is -2.41. The number of carbonyl (C=O) groups is 1. The Morgan fingerprint density at radius 2 is 2.23 bits per heavy atom. The topological polar surface area (TPSA) is 89.3 Å². The van der Waals surface area contributed by atoms with Crippen molar-refractivity contribution in [2.24, 2.45) is 13.0 Å². The fraction of sp³-hybridized carbons (Fsp3) is 0.526. The van der Waals surface area contributed by atoms with E-state index in [0.29, 0.717) is 24.4 Å². The van der Waals surface area contributed by atoms with E-state index >= 15 is 0 Å². The quantitative estimate of drug-likeness (QED) is 0.790. The minimum absolute atomic E-state index is 0.162. The first-order valence-electron chi connectivity index (χ1n) is 9.03. The zero-order chi connectivity index (χ0) is 18.7. The summed E-state index contributed by atoms with van der Waals surface area (Å²) in [5.41, 5.74) is 2.37. The predicted molar refractivity (Wildman–Crippen MR) is 96.9 cm³/mol. The van der Waals surface area contributed by atoms with E-state index in [9.17, 15) is 9.90 Å². The molecule has 0 unspecified atom stereocenters. The van der Waals surface area contributed by atoms with Crippen molar-refractivity contribution < 1.29 is 14.6 Å². The van der Waals surface area contributed by atoms with Crippen LogP contribution in [0.3, 0.4) is 0 Å². The number of aliphatic hydroxyl groups is 1. The van der Waals surface area contributed by atoms with E-state index in [1.165, 1.54) is 0 Å². The van der Waals surface area contributed by atoms with Crippen LogP contribution in [0.1, 0.15) is 54.0 Å². The first-order valence-corrected chi connectivity index (χ1v) is 9.03. The summed E-state index contributed by atoms with van der Waals surface area (Å²) in [6.07, 6.45) is 4.60. The summed E-state index contributed by atoms with van der Waals surface area (Å²) in [7, 11) is 3.35. The van der Waals surface area contributed by atoms with E-state index in [-0.39, 0.29) is 24.0 Å². The van der Waals surface area contributed by atoms with E-state index < -0.39 is 0 Å². The molecule has 0 spiro atoms. The second kappa shape index (κ2) is 7.86. The highest BCUT2D eigenvalue weighted by Crippen LogP contribution is 2.38. The van der Waals surface area contributed by atoms with Crippen molar-refractivity contribution in [1.29, 1.82) is 0 Å². The number of hydrogen-bond donors (Lipinski definition) is 2. The molecule has 0 aromatic carbocycles. The number of pyridine rings is 1. The van der Waals surface area contributed by atoms with Crippen molar-refractivity contribution in [3.05, 3.63) is 41.3 Å². The van der Waals surface area contributed by atoms with Gasteiger partial charge in [0.15, 0.2) is 0 Å². The lowest BCUT2D eigenvalue weighted by atomic mass is 9.75. The molecule has 26 heavy (non-hydrogen) atoms. The predicted octanol–water partition coefficient (Wildman–Crippen LogP) is 2.02. The molecule has 7 heteroatoms. The lowest BCUT2D eigenvalue weighted by molar-refractivity contribution is 0.0233. The molecule has 2 aromatic heterocycles. The average molecular weight is 358 g/mol. The van der Waals surface area contributed by atoms with Crippen LogP contribution < -0.4 is 10.1 Å². The number of carbonyl (C=O) groups excluding carboxylic acids is 1. The number of aromatic nitrogens is 3. The first-order chi connectivity index (χ1) is 12.5. The van der Waals surface area contributed by atoms with Crippen LogP contribution in [0.5, 0.6) is 5.88 Å². The fourth-order valence-electron chi connectivity index (χ4n) is 3.40. The van der Waals surface area contributed by atoms with Gasteiger partial charge in [-0.15, -0.1) is 0 Å². The molecule has 7 nitrogen and oxygen atoms in total. The van der Waals surface area contributed by atoms with Gasteiger partial charge in [-0.1, -0.05) is 19.4 Å². The summed E-state index contributed by atoms with van der Waals surface area (Å²) < 4.78 is 6.73. The Balaban J connectivity index is 1.79. The van der Waals surface area contributed by atoms with Gasteiger partial charge in [-0.2, -0.15) is 5.10 Å². The zero-order valence-corrected chi connectivity index (χ0v) is 15.5. The molecule has 3 rings (SSSR count). The standard InChI is InChI=1S/C19H26N4O3/c1-4-5-14-10-16(23(2)22-14)19(25)21-18(13-8-15(24)9-13)12-6-7-17(26-3)20-11-12/h6-7,10-11,13,15,18,24H,4-5,8-9H2,1-3H3,(H,21,25)/t13?,15?,18-/m1/s1. The lowest BCUT2D eigenvalue weighted by Gasteiger charge is -2.38. The van der Waals surface area contributed by atoms with Crippen LogP contribution in [-0.4, -0.2) is 39.0 Å². The van der Waals surface area contributed by atoms with Crippen molar-refractivity contribution in [1.82, 2.24) is 20.1 Å². The van der Waals surface area contributed by atoms with Crippen molar-refractivity contribution in [3.63, 3.8) is 0 Å². The smallest absolute Gasteiger partial charge is 0.270 e. The van der Waals surface area contributed by atoms with Crippen molar-refractivity contribution in [2.45, 2.75) is 44.8 Å². The SMILES string of the molecule is CCCc1cc(C(=O)N[C@H](c2ccc(OC)nc2)C2CC(O)C2)n(C)n1. The van der Waals surface area contributed by atoms with Gasteiger partial charge in [0.2, 0.25) is 5.88 Å². The third kappa shape index (κ3) is 3.88. The molecule has 2 N–H and O–H groups in total.